The van der Waals surface area contributed by atoms with Gasteiger partial charge < -0.3 is 4.90 Å². The Hall–Kier alpha value is -3.59. The molecule has 28 heavy (non-hydrogen) atoms. The summed E-state index contributed by atoms with van der Waals surface area (Å²) in [7, 11) is 0. The Morgan fingerprint density at radius 2 is 1.79 bits per heavy atom. The summed E-state index contributed by atoms with van der Waals surface area (Å²) >= 11 is 0. The van der Waals surface area contributed by atoms with E-state index >= 15 is 0 Å². The van der Waals surface area contributed by atoms with Crippen LogP contribution in [0, 0.1) is 11.3 Å². The van der Waals surface area contributed by atoms with E-state index in [0.29, 0.717) is 42.9 Å². The molecule has 0 saturated carbocycles. The number of benzene rings is 1. The zero-order valence-electron chi connectivity index (χ0n) is 15.3. The normalized spacial score (nSPS) is 15.6. The van der Waals surface area contributed by atoms with Gasteiger partial charge in [0.1, 0.15) is 12.0 Å². The number of hydrogen-bond acceptors (Lipinski definition) is 5. The van der Waals surface area contributed by atoms with Crippen LogP contribution >= 0.6 is 0 Å². The van der Waals surface area contributed by atoms with E-state index in [-0.39, 0.29) is 5.91 Å². The number of likely N-dealkylation sites (tertiary alicyclic amines) is 1. The highest BCUT2D eigenvalue weighted by molar-refractivity contribution is 5.99. The molecule has 1 aliphatic heterocycles. The van der Waals surface area contributed by atoms with Gasteiger partial charge in [-0.15, -0.1) is 0 Å². The van der Waals surface area contributed by atoms with Crippen molar-refractivity contribution in [3.63, 3.8) is 0 Å². The highest BCUT2D eigenvalue weighted by atomic mass is 16.2. The molecule has 0 aliphatic carbocycles. The molecule has 138 valence electrons. The van der Waals surface area contributed by atoms with Crippen LogP contribution in [0.3, 0.4) is 0 Å². The number of hydrogen-bond donors (Lipinski definition) is 0. The van der Waals surface area contributed by atoms with Gasteiger partial charge in [0.15, 0.2) is 0 Å². The molecule has 0 bridgehead atoms. The smallest absolute Gasteiger partial charge is 0.256 e. The molecule has 4 rings (SSSR count). The molecule has 1 fully saturated rings. The highest BCUT2D eigenvalue weighted by Crippen LogP contribution is 2.35. The summed E-state index contributed by atoms with van der Waals surface area (Å²) in [5.41, 5.74) is 2.17. The van der Waals surface area contributed by atoms with Crippen LogP contribution in [0.25, 0.3) is 11.4 Å². The van der Waals surface area contributed by atoms with E-state index in [0.717, 1.165) is 5.56 Å². The van der Waals surface area contributed by atoms with Crippen LogP contribution in [0.1, 0.15) is 28.8 Å². The maximum Gasteiger partial charge on any atom is 0.256 e. The van der Waals surface area contributed by atoms with Gasteiger partial charge >= 0.3 is 0 Å². The van der Waals surface area contributed by atoms with Crippen molar-refractivity contribution in [1.82, 2.24) is 19.9 Å². The minimum absolute atomic E-state index is 0.0821. The van der Waals surface area contributed by atoms with Crippen molar-refractivity contribution >= 4 is 5.91 Å². The molecule has 3 aromatic rings. The second kappa shape index (κ2) is 7.57. The maximum absolute atomic E-state index is 13.2. The lowest BCUT2D eigenvalue weighted by Crippen LogP contribution is -2.44. The fraction of sp³-hybridized carbons (Fsp3) is 0.227. The van der Waals surface area contributed by atoms with Crippen LogP contribution in [0.15, 0.2) is 67.3 Å². The van der Waals surface area contributed by atoms with Gasteiger partial charge in [-0.25, -0.2) is 9.97 Å². The van der Waals surface area contributed by atoms with Crippen LogP contribution in [0.4, 0.5) is 0 Å². The van der Waals surface area contributed by atoms with Gasteiger partial charge in [-0.3, -0.25) is 9.78 Å². The van der Waals surface area contributed by atoms with E-state index in [1.807, 2.05) is 30.3 Å². The first-order chi connectivity index (χ1) is 13.7. The van der Waals surface area contributed by atoms with Crippen molar-refractivity contribution in [1.29, 1.82) is 5.26 Å². The summed E-state index contributed by atoms with van der Waals surface area (Å²) in [6, 6.07) is 17.6. The average Bonchev–Trinajstić information content (AvgIpc) is 2.80. The molecule has 0 radical (unpaired) electrons. The second-order valence-corrected chi connectivity index (χ2v) is 6.85. The third-order valence-corrected chi connectivity index (χ3v) is 5.31. The SMILES string of the molecule is N#CC1(c2ccccc2)CCN(C(=O)c2cccnc2-c2ccncn2)CC1. The van der Waals surface area contributed by atoms with E-state index < -0.39 is 5.41 Å². The van der Waals surface area contributed by atoms with E-state index in [9.17, 15) is 10.1 Å². The van der Waals surface area contributed by atoms with E-state index in [1.165, 1.54) is 6.33 Å². The lowest BCUT2D eigenvalue weighted by atomic mass is 9.74. The summed E-state index contributed by atoms with van der Waals surface area (Å²) in [5.74, 6) is -0.0821. The maximum atomic E-state index is 13.2. The summed E-state index contributed by atoms with van der Waals surface area (Å²) in [4.78, 5) is 27.5. The number of carbonyl (C=O) groups excluding carboxylic acids is 1. The molecule has 1 amide bonds. The van der Waals surface area contributed by atoms with E-state index in [1.54, 1.807) is 35.5 Å². The minimum atomic E-state index is -0.539. The van der Waals surface area contributed by atoms with Crippen LogP contribution < -0.4 is 0 Å². The summed E-state index contributed by atoms with van der Waals surface area (Å²) in [6.07, 6.45) is 5.96. The molecule has 1 aliphatic rings. The molecule has 1 saturated heterocycles. The Bertz CT molecular complexity index is 1010. The zero-order valence-corrected chi connectivity index (χ0v) is 15.3. The van der Waals surface area contributed by atoms with Gasteiger partial charge in [-0.05, 0) is 36.6 Å². The average molecular weight is 369 g/mol. The summed E-state index contributed by atoms with van der Waals surface area (Å²) in [5, 5.41) is 9.85. The van der Waals surface area contributed by atoms with E-state index in [4.69, 9.17) is 0 Å². The number of nitrogens with zero attached hydrogens (tertiary/aromatic N) is 5. The molecule has 6 heteroatoms. The van der Waals surface area contributed by atoms with Crippen LogP contribution in [-0.4, -0.2) is 38.8 Å². The third kappa shape index (κ3) is 3.23. The second-order valence-electron chi connectivity index (χ2n) is 6.85. The van der Waals surface area contributed by atoms with Crippen molar-refractivity contribution in [2.75, 3.05) is 13.1 Å². The van der Waals surface area contributed by atoms with Crippen LogP contribution in [-0.2, 0) is 5.41 Å². The van der Waals surface area contributed by atoms with Gasteiger partial charge in [0.2, 0.25) is 0 Å². The van der Waals surface area contributed by atoms with Crippen molar-refractivity contribution in [3.05, 3.63) is 78.4 Å². The number of amides is 1. The monoisotopic (exact) mass is 369 g/mol. The van der Waals surface area contributed by atoms with Crippen molar-refractivity contribution in [2.45, 2.75) is 18.3 Å². The van der Waals surface area contributed by atoms with Gasteiger partial charge in [0.25, 0.3) is 5.91 Å². The third-order valence-electron chi connectivity index (χ3n) is 5.31. The Balaban J connectivity index is 1.57. The molecule has 1 aromatic carbocycles. The van der Waals surface area contributed by atoms with Crippen LogP contribution in [0.5, 0.6) is 0 Å². The first-order valence-electron chi connectivity index (χ1n) is 9.21. The first-order valence-corrected chi connectivity index (χ1v) is 9.21. The van der Waals surface area contributed by atoms with Crippen LogP contribution in [0.2, 0.25) is 0 Å². The lowest BCUT2D eigenvalue weighted by Gasteiger charge is -2.37. The first kappa shape index (κ1) is 17.8. The topological polar surface area (TPSA) is 82.8 Å². The van der Waals surface area contributed by atoms with Gasteiger partial charge in [-0.1, -0.05) is 30.3 Å². The quantitative estimate of drug-likeness (QED) is 0.708. The molecule has 3 heterocycles. The molecule has 2 aromatic heterocycles. The molecule has 6 nitrogen and oxygen atoms in total. The molecule has 0 spiro atoms. The van der Waals surface area contributed by atoms with Gasteiger partial charge in [0.05, 0.1) is 22.7 Å². The predicted molar refractivity (Wildman–Crippen MR) is 104 cm³/mol. The Kier molecular flexibility index (Phi) is 4.81. The Labute approximate surface area is 163 Å². The molecule has 0 unspecified atom stereocenters. The fourth-order valence-corrected chi connectivity index (χ4v) is 3.70. The number of piperidine rings is 1. The lowest BCUT2D eigenvalue weighted by molar-refractivity contribution is 0.0692. The number of pyridine rings is 1. The Morgan fingerprint density at radius 3 is 2.46 bits per heavy atom. The van der Waals surface area contributed by atoms with E-state index in [2.05, 4.69) is 21.0 Å². The highest BCUT2D eigenvalue weighted by Gasteiger charge is 2.38. The molecule has 0 atom stereocenters. The number of nitriles is 1. The predicted octanol–water partition coefficient (Wildman–Crippen LogP) is 3.24. The molecular weight excluding hydrogens is 350 g/mol. The number of aromatic nitrogens is 3. The largest absolute Gasteiger partial charge is 0.338 e. The van der Waals surface area contributed by atoms with Gasteiger partial charge in [-0.2, -0.15) is 5.26 Å². The number of rotatable bonds is 3. The fourth-order valence-electron chi connectivity index (χ4n) is 3.70. The van der Waals surface area contributed by atoms with Gasteiger partial charge in [0, 0.05) is 25.5 Å². The van der Waals surface area contributed by atoms with Crippen molar-refractivity contribution in [2.24, 2.45) is 0 Å². The summed E-state index contributed by atoms with van der Waals surface area (Å²) in [6.45, 7) is 1.05. The number of carbonyl (C=O) groups is 1. The van der Waals surface area contributed by atoms with Crippen molar-refractivity contribution in [3.8, 4) is 17.5 Å². The molecule has 0 N–H and O–H groups in total. The summed E-state index contributed by atoms with van der Waals surface area (Å²) < 4.78 is 0. The standard InChI is InChI=1S/C22H19N5O/c23-15-22(17-5-2-1-3-6-17)9-13-27(14-10-22)21(28)18-7-4-11-25-20(18)19-8-12-24-16-26-19/h1-8,11-12,16H,9-10,13-14H2. The Morgan fingerprint density at radius 1 is 1.00 bits per heavy atom. The zero-order chi connectivity index (χ0) is 19.4. The molecular formula is C22H19N5O. The minimum Gasteiger partial charge on any atom is -0.338 e. The van der Waals surface area contributed by atoms with Crippen molar-refractivity contribution < 1.29 is 4.79 Å².